The van der Waals surface area contributed by atoms with Gasteiger partial charge in [0.1, 0.15) is 36.6 Å². The normalized spacial score (nSPS) is 20.4. The number of aliphatic hydroxyl groups excluding tert-OH is 7. The summed E-state index contributed by atoms with van der Waals surface area (Å²) >= 11 is 0. The fourth-order valence-corrected chi connectivity index (χ4v) is 9.74. The predicted molar refractivity (Wildman–Crippen MR) is 284 cm³/mol. The average Bonchev–Trinajstić information content (AvgIpc) is 3.35. The van der Waals surface area contributed by atoms with Gasteiger partial charge in [-0.05, 0) is 38.5 Å². The topological polar surface area (TPSA) is 189 Å². The van der Waals surface area contributed by atoms with Crippen molar-refractivity contribution in [3.8, 4) is 0 Å². The molecule has 1 saturated heterocycles. The van der Waals surface area contributed by atoms with E-state index in [1.807, 2.05) is 0 Å². The van der Waals surface area contributed by atoms with Gasteiger partial charge in [-0.25, -0.2) is 0 Å². The van der Waals surface area contributed by atoms with E-state index in [9.17, 15) is 40.5 Å². The predicted octanol–water partition coefficient (Wildman–Crippen LogP) is 12.4. The van der Waals surface area contributed by atoms with Crippen molar-refractivity contribution >= 4 is 5.91 Å². The van der Waals surface area contributed by atoms with Crippen molar-refractivity contribution in [3.05, 3.63) is 12.2 Å². The first-order chi connectivity index (χ1) is 33.7. The quantitative estimate of drug-likeness (QED) is 0.0215. The van der Waals surface area contributed by atoms with Gasteiger partial charge in [0.2, 0.25) is 5.91 Å². The van der Waals surface area contributed by atoms with Crippen molar-refractivity contribution < 1.29 is 50.0 Å². The molecule has 0 spiro atoms. The Labute approximate surface area is 423 Å². The molecule has 0 radical (unpaired) electrons. The Balaban J connectivity index is 2.18. The Morgan fingerprint density at radius 2 is 0.855 bits per heavy atom. The molecule has 0 bridgehead atoms. The molecule has 1 heterocycles. The maximum atomic E-state index is 13.1. The molecule has 1 fully saturated rings. The number of unbranched alkanes of at least 4 members (excludes halogenated alkanes) is 37. The van der Waals surface area contributed by atoms with Crippen molar-refractivity contribution in [2.24, 2.45) is 0 Å². The minimum Gasteiger partial charge on any atom is -0.394 e. The number of rotatable bonds is 51. The lowest BCUT2D eigenvalue weighted by molar-refractivity contribution is -0.303. The van der Waals surface area contributed by atoms with E-state index in [-0.39, 0.29) is 12.8 Å². The smallest absolute Gasteiger partial charge is 0.249 e. The van der Waals surface area contributed by atoms with E-state index in [1.54, 1.807) is 0 Å². The minimum atomic E-state index is -1.66. The molecule has 9 atom stereocenters. The van der Waals surface area contributed by atoms with E-state index >= 15 is 0 Å². The zero-order chi connectivity index (χ0) is 50.4. The number of hydrogen-bond donors (Lipinski definition) is 8. The highest BCUT2D eigenvalue weighted by Crippen LogP contribution is 2.23. The molecule has 1 aliphatic heterocycles. The van der Waals surface area contributed by atoms with Crippen molar-refractivity contribution in [2.45, 2.75) is 339 Å². The van der Waals surface area contributed by atoms with Crippen LogP contribution in [0, 0.1) is 0 Å². The van der Waals surface area contributed by atoms with Crippen LogP contribution in [0.2, 0.25) is 0 Å². The molecule has 0 aromatic heterocycles. The highest BCUT2D eigenvalue weighted by molar-refractivity contribution is 5.80. The number of allylic oxidation sites excluding steroid dienone is 2. The second-order valence-electron chi connectivity index (χ2n) is 21.1. The zero-order valence-electron chi connectivity index (χ0n) is 44.8. The van der Waals surface area contributed by atoms with Gasteiger partial charge in [0, 0.05) is 0 Å². The second kappa shape index (κ2) is 47.8. The molecule has 0 saturated carbocycles. The summed E-state index contributed by atoms with van der Waals surface area (Å²) in [7, 11) is 0. The van der Waals surface area contributed by atoms with Gasteiger partial charge >= 0.3 is 0 Å². The highest BCUT2D eigenvalue weighted by atomic mass is 16.7. The van der Waals surface area contributed by atoms with Gasteiger partial charge in [-0.2, -0.15) is 0 Å². The fourth-order valence-electron chi connectivity index (χ4n) is 9.74. The molecule has 11 nitrogen and oxygen atoms in total. The highest BCUT2D eigenvalue weighted by Gasteiger charge is 2.44. The summed E-state index contributed by atoms with van der Waals surface area (Å²) < 4.78 is 11.1. The lowest BCUT2D eigenvalue weighted by Gasteiger charge is -2.40. The van der Waals surface area contributed by atoms with Crippen LogP contribution in [-0.4, -0.2) is 110 Å². The van der Waals surface area contributed by atoms with Crippen LogP contribution < -0.4 is 5.32 Å². The zero-order valence-corrected chi connectivity index (χ0v) is 44.8. The van der Waals surface area contributed by atoms with E-state index in [4.69, 9.17) is 9.47 Å². The van der Waals surface area contributed by atoms with Crippen molar-refractivity contribution in [1.82, 2.24) is 5.32 Å². The summed E-state index contributed by atoms with van der Waals surface area (Å²) in [5.41, 5.74) is 0. The van der Waals surface area contributed by atoms with Crippen LogP contribution in [0.1, 0.15) is 284 Å². The maximum absolute atomic E-state index is 13.1. The van der Waals surface area contributed by atoms with Gasteiger partial charge in [0.25, 0.3) is 0 Å². The fraction of sp³-hybridized carbons (Fsp3) is 0.948. The largest absolute Gasteiger partial charge is 0.394 e. The Bertz CT molecular complexity index is 1130. The van der Waals surface area contributed by atoms with Crippen LogP contribution >= 0.6 is 0 Å². The average molecular weight is 985 g/mol. The summed E-state index contributed by atoms with van der Waals surface area (Å²) in [5.74, 6) is -0.705. The SMILES string of the molecule is CCCCCCCCCCCCCCCCCCCCCCCCCCCCC/C=C/CCCC(O)C(O)C(COC1OC(CO)C(O)C(O)C1O)NC(=O)C(O)CCCCCCCCCCCC. The lowest BCUT2D eigenvalue weighted by Crippen LogP contribution is -2.60. The molecule has 0 aromatic carbocycles. The maximum Gasteiger partial charge on any atom is 0.249 e. The third-order valence-corrected chi connectivity index (χ3v) is 14.6. The summed E-state index contributed by atoms with van der Waals surface area (Å²) in [6, 6.07) is -1.18. The Morgan fingerprint density at radius 1 is 0.493 bits per heavy atom. The van der Waals surface area contributed by atoms with E-state index < -0.39 is 74.2 Å². The van der Waals surface area contributed by atoms with Gasteiger partial charge in [-0.1, -0.05) is 257 Å². The van der Waals surface area contributed by atoms with E-state index in [2.05, 4.69) is 31.3 Å². The lowest BCUT2D eigenvalue weighted by atomic mass is 9.98. The third-order valence-electron chi connectivity index (χ3n) is 14.6. The summed E-state index contributed by atoms with van der Waals surface area (Å²) in [6.07, 6.45) is 44.6. The summed E-state index contributed by atoms with van der Waals surface area (Å²) in [5, 5.41) is 75.8. The van der Waals surface area contributed by atoms with Gasteiger partial charge in [0.05, 0.1) is 25.4 Å². The molecular weight excluding hydrogens is 871 g/mol. The molecule has 11 heteroatoms. The number of nitrogens with one attached hydrogen (secondary N) is 1. The van der Waals surface area contributed by atoms with E-state index in [0.29, 0.717) is 12.8 Å². The van der Waals surface area contributed by atoms with Gasteiger partial charge in [-0.15, -0.1) is 0 Å². The van der Waals surface area contributed by atoms with Gasteiger partial charge in [-0.3, -0.25) is 4.79 Å². The first-order valence-electron chi connectivity index (χ1n) is 29.6. The standard InChI is InChI=1S/C58H113NO10/c1-3-5-7-9-11-13-15-16-17-18-19-20-21-22-23-24-25-26-27-28-29-30-31-32-33-34-35-36-38-39-41-43-45-50(61)53(63)49(48-68-58-56(66)55(65)54(64)52(47-60)69-58)59-57(67)51(62)46-44-42-40-37-14-12-10-8-6-4-2/h38-39,49-56,58,60-66H,3-37,40-48H2,1-2H3,(H,59,67)/b39-38+. The Morgan fingerprint density at radius 3 is 1.25 bits per heavy atom. The molecule has 1 amide bonds. The number of amides is 1. The van der Waals surface area contributed by atoms with Crippen LogP contribution in [0.25, 0.3) is 0 Å². The first-order valence-corrected chi connectivity index (χ1v) is 29.6. The number of carbonyl (C=O) groups is 1. The Hall–Kier alpha value is -1.15. The summed E-state index contributed by atoms with van der Waals surface area (Å²) in [4.78, 5) is 13.1. The van der Waals surface area contributed by atoms with E-state index in [1.165, 1.54) is 205 Å². The molecule has 0 aliphatic carbocycles. The van der Waals surface area contributed by atoms with E-state index in [0.717, 1.165) is 38.5 Å². The molecule has 9 unspecified atom stereocenters. The van der Waals surface area contributed by atoms with Gasteiger partial charge < -0.3 is 50.5 Å². The van der Waals surface area contributed by atoms with Crippen molar-refractivity contribution in [3.63, 3.8) is 0 Å². The second-order valence-corrected chi connectivity index (χ2v) is 21.1. The third kappa shape index (κ3) is 36.4. The monoisotopic (exact) mass is 984 g/mol. The molecule has 1 rings (SSSR count). The van der Waals surface area contributed by atoms with Crippen molar-refractivity contribution in [1.29, 1.82) is 0 Å². The molecule has 410 valence electrons. The molecule has 0 aromatic rings. The van der Waals surface area contributed by atoms with Crippen LogP contribution in [0.3, 0.4) is 0 Å². The number of carbonyl (C=O) groups excluding carboxylic acids is 1. The molecule has 1 aliphatic rings. The van der Waals surface area contributed by atoms with Crippen molar-refractivity contribution in [2.75, 3.05) is 13.2 Å². The number of ether oxygens (including phenoxy) is 2. The van der Waals surface area contributed by atoms with Crippen LogP contribution in [0.15, 0.2) is 12.2 Å². The first kappa shape index (κ1) is 65.9. The number of aliphatic hydroxyl groups is 7. The molecule has 8 N–H and O–H groups in total. The molecule has 69 heavy (non-hydrogen) atoms. The van der Waals surface area contributed by atoms with Crippen LogP contribution in [0.4, 0.5) is 0 Å². The summed E-state index contributed by atoms with van der Waals surface area (Å²) in [6.45, 7) is 3.44. The van der Waals surface area contributed by atoms with Crippen LogP contribution in [-0.2, 0) is 14.3 Å². The van der Waals surface area contributed by atoms with Crippen LogP contribution in [0.5, 0.6) is 0 Å². The van der Waals surface area contributed by atoms with Gasteiger partial charge in [0.15, 0.2) is 6.29 Å². The molecular formula is C58H113NO10. The minimum absolute atomic E-state index is 0.257. The Kier molecular flexibility index (Phi) is 45.7. The number of hydrogen-bond acceptors (Lipinski definition) is 10.